The highest BCUT2D eigenvalue weighted by molar-refractivity contribution is 6.45. The summed E-state index contributed by atoms with van der Waals surface area (Å²) in [6.45, 7) is 9.69. The highest BCUT2D eigenvalue weighted by atomic mass is 16.5. The van der Waals surface area contributed by atoms with E-state index in [9.17, 15) is 9.59 Å². The minimum absolute atomic E-state index is 0.0345. The number of morpholine rings is 1. The number of hydrogen-bond donors (Lipinski definition) is 0. The molecule has 2 atom stereocenters. The lowest BCUT2D eigenvalue weighted by atomic mass is 10.0. The Hall–Kier alpha value is -3.12. The summed E-state index contributed by atoms with van der Waals surface area (Å²) in [5, 5.41) is 0. The van der Waals surface area contributed by atoms with E-state index in [1.807, 2.05) is 74.2 Å². The van der Waals surface area contributed by atoms with Crippen molar-refractivity contribution in [3.05, 3.63) is 65.4 Å². The molecular weight excluding hydrogens is 404 g/mol. The molecule has 2 unspecified atom stereocenters. The van der Waals surface area contributed by atoms with Crippen molar-refractivity contribution in [3.63, 3.8) is 0 Å². The van der Waals surface area contributed by atoms with Gasteiger partial charge in [0, 0.05) is 13.1 Å². The number of imide groups is 1. The second kappa shape index (κ2) is 9.17. The maximum Gasteiger partial charge on any atom is 0.282 e. The molecule has 0 bridgehead atoms. The van der Waals surface area contributed by atoms with Gasteiger partial charge in [-0.1, -0.05) is 37.3 Å². The van der Waals surface area contributed by atoms with Gasteiger partial charge in [-0.2, -0.15) is 0 Å². The molecule has 0 aromatic heterocycles. The van der Waals surface area contributed by atoms with Crippen LogP contribution in [0.2, 0.25) is 0 Å². The third-order valence-electron chi connectivity index (χ3n) is 5.77. The number of rotatable bonds is 6. The van der Waals surface area contributed by atoms with E-state index < -0.39 is 0 Å². The van der Waals surface area contributed by atoms with E-state index in [0.717, 1.165) is 17.7 Å². The maximum absolute atomic E-state index is 13.7. The van der Waals surface area contributed by atoms with Gasteiger partial charge < -0.3 is 14.4 Å². The van der Waals surface area contributed by atoms with Crippen LogP contribution in [-0.4, -0.2) is 48.6 Å². The van der Waals surface area contributed by atoms with Gasteiger partial charge in [-0.05, 0) is 56.5 Å². The molecule has 2 amide bonds. The molecule has 168 valence electrons. The summed E-state index contributed by atoms with van der Waals surface area (Å²) < 4.78 is 11.6. The van der Waals surface area contributed by atoms with Crippen LogP contribution in [0.5, 0.6) is 5.75 Å². The van der Waals surface area contributed by atoms with Gasteiger partial charge in [0.25, 0.3) is 11.8 Å². The van der Waals surface area contributed by atoms with E-state index in [1.54, 1.807) is 0 Å². The largest absolute Gasteiger partial charge is 0.494 e. The SMILES string of the molecule is CCCOc1ccc(C2=C(N3CC(C)OC(C)C3)C(=O)N(c3ccccc3C)C2=O)cc1. The van der Waals surface area contributed by atoms with Crippen molar-refractivity contribution < 1.29 is 19.1 Å². The smallest absolute Gasteiger partial charge is 0.282 e. The molecule has 0 spiro atoms. The van der Waals surface area contributed by atoms with Crippen LogP contribution in [-0.2, 0) is 14.3 Å². The van der Waals surface area contributed by atoms with E-state index in [0.29, 0.717) is 42.2 Å². The van der Waals surface area contributed by atoms with Gasteiger partial charge in [0.05, 0.1) is 30.1 Å². The molecule has 0 aliphatic carbocycles. The molecule has 2 aromatic rings. The average molecular weight is 435 g/mol. The van der Waals surface area contributed by atoms with Crippen LogP contribution in [0.4, 0.5) is 5.69 Å². The third-order valence-corrected chi connectivity index (χ3v) is 5.77. The van der Waals surface area contributed by atoms with Crippen molar-refractivity contribution in [2.75, 3.05) is 24.6 Å². The predicted molar refractivity (Wildman–Crippen MR) is 124 cm³/mol. The number of carbonyl (C=O) groups is 2. The lowest BCUT2D eigenvalue weighted by molar-refractivity contribution is -0.121. The molecule has 6 nitrogen and oxygen atoms in total. The first-order valence-electron chi connectivity index (χ1n) is 11.2. The monoisotopic (exact) mass is 434 g/mol. The predicted octanol–water partition coefficient (Wildman–Crippen LogP) is 4.18. The number of ether oxygens (including phenoxy) is 2. The zero-order valence-electron chi connectivity index (χ0n) is 19.1. The summed E-state index contributed by atoms with van der Waals surface area (Å²) in [7, 11) is 0. The van der Waals surface area contributed by atoms with Crippen molar-refractivity contribution in [1.29, 1.82) is 0 Å². The van der Waals surface area contributed by atoms with Gasteiger partial charge in [0.15, 0.2) is 0 Å². The number of amides is 2. The second-order valence-corrected chi connectivity index (χ2v) is 8.49. The Kier molecular flexibility index (Phi) is 6.33. The Labute approximate surface area is 189 Å². The molecule has 2 aliphatic heterocycles. The molecule has 1 fully saturated rings. The summed E-state index contributed by atoms with van der Waals surface area (Å²) in [6, 6.07) is 14.9. The van der Waals surface area contributed by atoms with Crippen LogP contribution in [0.1, 0.15) is 38.3 Å². The molecule has 6 heteroatoms. The average Bonchev–Trinajstić information content (AvgIpc) is 3.02. The quantitative estimate of drug-likeness (QED) is 0.639. The molecule has 2 aliphatic rings. The van der Waals surface area contributed by atoms with Crippen LogP contribution in [0.3, 0.4) is 0 Å². The van der Waals surface area contributed by atoms with E-state index in [-0.39, 0.29) is 24.0 Å². The zero-order chi connectivity index (χ0) is 22.8. The number of nitrogens with zero attached hydrogens (tertiary/aromatic N) is 2. The van der Waals surface area contributed by atoms with Crippen LogP contribution < -0.4 is 9.64 Å². The third kappa shape index (κ3) is 4.15. The van der Waals surface area contributed by atoms with Gasteiger partial charge >= 0.3 is 0 Å². The molecule has 32 heavy (non-hydrogen) atoms. The highest BCUT2D eigenvalue weighted by Crippen LogP contribution is 2.37. The van der Waals surface area contributed by atoms with E-state index >= 15 is 0 Å². The van der Waals surface area contributed by atoms with Crippen molar-refractivity contribution in [2.45, 2.75) is 46.3 Å². The Morgan fingerprint density at radius 3 is 2.25 bits per heavy atom. The fourth-order valence-corrected chi connectivity index (χ4v) is 4.40. The fraction of sp³-hybridized carbons (Fsp3) is 0.385. The maximum atomic E-state index is 13.7. The first-order chi connectivity index (χ1) is 15.4. The number of benzene rings is 2. The Balaban J connectivity index is 1.79. The number of aryl methyl sites for hydroxylation is 1. The Bertz CT molecular complexity index is 1030. The van der Waals surface area contributed by atoms with Gasteiger partial charge in [-0.3, -0.25) is 9.59 Å². The van der Waals surface area contributed by atoms with Gasteiger partial charge in [0.1, 0.15) is 11.4 Å². The number of hydrogen-bond acceptors (Lipinski definition) is 5. The van der Waals surface area contributed by atoms with Crippen molar-refractivity contribution in [2.24, 2.45) is 0 Å². The summed E-state index contributed by atoms with van der Waals surface area (Å²) in [6.07, 6.45) is 0.850. The number of para-hydroxylation sites is 1. The minimum Gasteiger partial charge on any atom is -0.494 e. The van der Waals surface area contributed by atoms with Crippen molar-refractivity contribution >= 4 is 23.1 Å². The number of anilines is 1. The molecule has 0 saturated carbocycles. The highest BCUT2D eigenvalue weighted by Gasteiger charge is 2.44. The topological polar surface area (TPSA) is 59.1 Å². The van der Waals surface area contributed by atoms with Gasteiger partial charge in [-0.15, -0.1) is 0 Å². The molecular formula is C26H30N2O4. The molecule has 2 heterocycles. The van der Waals surface area contributed by atoms with E-state index in [4.69, 9.17) is 9.47 Å². The molecule has 1 saturated heterocycles. The van der Waals surface area contributed by atoms with E-state index in [2.05, 4.69) is 6.92 Å². The van der Waals surface area contributed by atoms with Gasteiger partial charge in [0.2, 0.25) is 0 Å². The fourth-order valence-electron chi connectivity index (χ4n) is 4.40. The summed E-state index contributed by atoms with van der Waals surface area (Å²) >= 11 is 0. The molecule has 4 rings (SSSR count). The summed E-state index contributed by atoms with van der Waals surface area (Å²) in [5.74, 6) is 0.166. The van der Waals surface area contributed by atoms with Crippen molar-refractivity contribution in [3.8, 4) is 5.75 Å². The second-order valence-electron chi connectivity index (χ2n) is 8.49. The lowest BCUT2D eigenvalue weighted by Crippen LogP contribution is -2.47. The van der Waals surface area contributed by atoms with Gasteiger partial charge in [-0.25, -0.2) is 4.90 Å². The van der Waals surface area contributed by atoms with E-state index in [1.165, 1.54) is 4.90 Å². The normalized spacial score (nSPS) is 21.5. The summed E-state index contributed by atoms with van der Waals surface area (Å²) in [4.78, 5) is 30.7. The molecule has 2 aromatic carbocycles. The first kappa shape index (κ1) is 22.1. The van der Waals surface area contributed by atoms with Crippen LogP contribution in [0, 0.1) is 6.92 Å². The first-order valence-corrected chi connectivity index (χ1v) is 11.2. The minimum atomic E-state index is -0.298. The van der Waals surface area contributed by atoms with Crippen LogP contribution >= 0.6 is 0 Å². The molecule has 0 N–H and O–H groups in total. The van der Waals surface area contributed by atoms with Crippen LogP contribution in [0.15, 0.2) is 54.2 Å². The lowest BCUT2D eigenvalue weighted by Gasteiger charge is -2.37. The summed E-state index contributed by atoms with van der Waals surface area (Å²) in [5.41, 5.74) is 3.09. The Morgan fingerprint density at radius 1 is 0.969 bits per heavy atom. The Morgan fingerprint density at radius 2 is 1.62 bits per heavy atom. The standard InChI is InChI=1S/C26H30N2O4/c1-5-14-31-21-12-10-20(11-13-21)23-24(27-15-18(3)32-19(4)16-27)26(30)28(25(23)29)22-9-7-6-8-17(22)2/h6-13,18-19H,5,14-16H2,1-4H3. The number of carbonyl (C=O) groups excluding carboxylic acids is 2. The van der Waals surface area contributed by atoms with Crippen LogP contribution in [0.25, 0.3) is 5.57 Å². The molecule has 0 radical (unpaired) electrons. The zero-order valence-corrected chi connectivity index (χ0v) is 19.1. The van der Waals surface area contributed by atoms with Crippen molar-refractivity contribution in [1.82, 2.24) is 4.90 Å².